The van der Waals surface area contributed by atoms with Crippen molar-refractivity contribution in [3.8, 4) is 5.75 Å². The highest BCUT2D eigenvalue weighted by Gasteiger charge is 2.26. The van der Waals surface area contributed by atoms with Crippen LogP contribution in [0.2, 0.25) is 5.02 Å². The molecule has 1 aromatic carbocycles. The first-order valence-electron chi connectivity index (χ1n) is 8.26. The zero-order valence-electron chi connectivity index (χ0n) is 14.8. The molecule has 0 saturated carbocycles. The maximum absolute atomic E-state index is 12.6. The molecule has 0 unspecified atom stereocenters. The van der Waals surface area contributed by atoms with Crippen LogP contribution < -0.4 is 15.4 Å². The van der Waals surface area contributed by atoms with Gasteiger partial charge >= 0.3 is 0 Å². The van der Waals surface area contributed by atoms with Gasteiger partial charge in [0.05, 0.1) is 25.4 Å². The third-order valence-corrected chi connectivity index (χ3v) is 4.63. The molecule has 1 aliphatic rings. The van der Waals surface area contributed by atoms with Gasteiger partial charge < -0.3 is 15.4 Å². The lowest BCUT2D eigenvalue weighted by molar-refractivity contribution is -0.124. The van der Waals surface area contributed by atoms with E-state index in [4.69, 9.17) is 16.3 Å². The van der Waals surface area contributed by atoms with Gasteiger partial charge in [0.1, 0.15) is 5.75 Å². The number of nitrogens with zero attached hydrogens (tertiary/aromatic N) is 2. The van der Waals surface area contributed by atoms with Crippen molar-refractivity contribution in [3.63, 3.8) is 0 Å². The number of hydrogen-bond acceptors (Lipinski definition) is 5. The largest absolute Gasteiger partial charge is 0.495 e. The standard InChI is InChI=1S/C17H25ClN4O3/c1-12(22-8-6-21(7-9-22)11-16(23)19-2)17(24)20-14-10-13(18)4-5-15(14)25-3/h4-5,10,12H,6-9,11H2,1-3H3,(H,19,23)(H,20,24)/t12-/m0/s1. The number of carbonyl (C=O) groups excluding carboxylic acids is 2. The van der Waals surface area contributed by atoms with Gasteiger partial charge in [0.25, 0.3) is 0 Å². The van der Waals surface area contributed by atoms with Gasteiger partial charge in [-0.15, -0.1) is 0 Å². The molecule has 2 N–H and O–H groups in total. The molecule has 25 heavy (non-hydrogen) atoms. The summed E-state index contributed by atoms with van der Waals surface area (Å²) >= 11 is 6.00. The van der Waals surface area contributed by atoms with Gasteiger partial charge in [0, 0.05) is 38.2 Å². The zero-order chi connectivity index (χ0) is 18.4. The number of anilines is 1. The fourth-order valence-corrected chi connectivity index (χ4v) is 2.94. The third kappa shape index (κ3) is 5.32. The van der Waals surface area contributed by atoms with E-state index >= 15 is 0 Å². The summed E-state index contributed by atoms with van der Waals surface area (Å²) in [5.41, 5.74) is 0.560. The van der Waals surface area contributed by atoms with Crippen LogP contribution in [0.4, 0.5) is 5.69 Å². The van der Waals surface area contributed by atoms with Crippen molar-refractivity contribution in [1.29, 1.82) is 0 Å². The lowest BCUT2D eigenvalue weighted by Crippen LogP contribution is -2.54. The Morgan fingerprint density at radius 3 is 2.56 bits per heavy atom. The van der Waals surface area contributed by atoms with E-state index in [9.17, 15) is 9.59 Å². The van der Waals surface area contributed by atoms with E-state index in [1.807, 2.05) is 6.92 Å². The molecule has 138 valence electrons. The zero-order valence-corrected chi connectivity index (χ0v) is 15.6. The van der Waals surface area contributed by atoms with Crippen molar-refractivity contribution in [2.45, 2.75) is 13.0 Å². The average molecular weight is 369 g/mol. The Balaban J connectivity index is 1.91. The van der Waals surface area contributed by atoms with E-state index in [2.05, 4.69) is 20.4 Å². The summed E-state index contributed by atoms with van der Waals surface area (Å²) in [6, 6.07) is 4.82. The van der Waals surface area contributed by atoms with Crippen molar-refractivity contribution in [3.05, 3.63) is 23.2 Å². The van der Waals surface area contributed by atoms with Gasteiger partial charge in [-0.05, 0) is 25.1 Å². The fraction of sp³-hybridized carbons (Fsp3) is 0.529. The van der Waals surface area contributed by atoms with Crippen LogP contribution >= 0.6 is 11.6 Å². The van der Waals surface area contributed by atoms with E-state index in [-0.39, 0.29) is 17.9 Å². The van der Waals surface area contributed by atoms with Crippen molar-refractivity contribution < 1.29 is 14.3 Å². The molecular formula is C17H25ClN4O3. The van der Waals surface area contributed by atoms with E-state index in [0.717, 1.165) is 26.2 Å². The molecule has 0 spiro atoms. The summed E-state index contributed by atoms with van der Waals surface area (Å²) in [6.07, 6.45) is 0. The minimum absolute atomic E-state index is 0.00675. The summed E-state index contributed by atoms with van der Waals surface area (Å²) in [7, 11) is 3.18. The van der Waals surface area contributed by atoms with Crippen molar-refractivity contribution in [2.24, 2.45) is 0 Å². The van der Waals surface area contributed by atoms with Crippen molar-refractivity contribution in [1.82, 2.24) is 15.1 Å². The summed E-state index contributed by atoms with van der Waals surface area (Å²) in [5.74, 6) is 0.466. The number of amides is 2. The van der Waals surface area contributed by atoms with Gasteiger partial charge in [0.2, 0.25) is 11.8 Å². The number of likely N-dealkylation sites (N-methyl/N-ethyl adjacent to an activating group) is 1. The molecule has 1 fully saturated rings. The number of halogens is 1. The van der Waals surface area contributed by atoms with E-state index in [1.165, 1.54) is 0 Å². The van der Waals surface area contributed by atoms with Crippen LogP contribution in [0.15, 0.2) is 18.2 Å². The number of nitrogens with one attached hydrogen (secondary N) is 2. The van der Waals surface area contributed by atoms with Crippen LogP contribution in [0, 0.1) is 0 Å². The number of hydrogen-bond donors (Lipinski definition) is 2. The molecule has 8 heteroatoms. The van der Waals surface area contributed by atoms with E-state index < -0.39 is 0 Å². The predicted octanol–water partition coefficient (Wildman–Crippen LogP) is 1.04. The second-order valence-corrected chi connectivity index (χ2v) is 6.43. The molecule has 0 aromatic heterocycles. The summed E-state index contributed by atoms with van der Waals surface area (Å²) in [4.78, 5) is 28.2. The second kappa shape index (κ2) is 9.03. The summed E-state index contributed by atoms with van der Waals surface area (Å²) in [6.45, 7) is 5.25. The Kier molecular flexibility index (Phi) is 7.04. The number of methoxy groups -OCH3 is 1. The summed E-state index contributed by atoms with van der Waals surface area (Å²) < 4.78 is 5.26. The Morgan fingerprint density at radius 2 is 1.96 bits per heavy atom. The Hall–Kier alpha value is -1.83. The first-order chi connectivity index (χ1) is 11.9. The highest BCUT2D eigenvalue weighted by molar-refractivity contribution is 6.31. The van der Waals surface area contributed by atoms with Gasteiger partial charge in [-0.1, -0.05) is 11.6 Å². The van der Waals surface area contributed by atoms with E-state index in [1.54, 1.807) is 32.4 Å². The fourth-order valence-electron chi connectivity index (χ4n) is 2.77. The Labute approximate surface area is 153 Å². The molecule has 0 radical (unpaired) electrons. The molecular weight excluding hydrogens is 344 g/mol. The van der Waals surface area contributed by atoms with Gasteiger partial charge in [0.15, 0.2) is 0 Å². The molecule has 1 atom stereocenters. The smallest absolute Gasteiger partial charge is 0.241 e. The van der Waals surface area contributed by atoms with E-state index in [0.29, 0.717) is 23.0 Å². The average Bonchev–Trinajstić information content (AvgIpc) is 2.61. The normalized spacial score (nSPS) is 17.0. The molecule has 1 saturated heterocycles. The Morgan fingerprint density at radius 1 is 1.28 bits per heavy atom. The van der Waals surface area contributed by atoms with Crippen LogP contribution in [-0.4, -0.2) is 74.5 Å². The van der Waals surface area contributed by atoms with Crippen molar-refractivity contribution in [2.75, 3.05) is 52.2 Å². The minimum atomic E-state index is -0.286. The molecule has 1 heterocycles. The molecule has 1 aromatic rings. The number of ether oxygens (including phenoxy) is 1. The molecule has 2 amide bonds. The number of carbonyl (C=O) groups is 2. The first kappa shape index (κ1) is 19.5. The van der Waals surface area contributed by atoms with Gasteiger partial charge in [-0.3, -0.25) is 19.4 Å². The quantitative estimate of drug-likeness (QED) is 0.784. The maximum Gasteiger partial charge on any atom is 0.241 e. The highest BCUT2D eigenvalue weighted by atomic mass is 35.5. The van der Waals surface area contributed by atoms with Crippen LogP contribution in [-0.2, 0) is 9.59 Å². The minimum Gasteiger partial charge on any atom is -0.495 e. The highest BCUT2D eigenvalue weighted by Crippen LogP contribution is 2.28. The number of benzene rings is 1. The monoisotopic (exact) mass is 368 g/mol. The maximum atomic E-state index is 12.6. The van der Waals surface area contributed by atoms with Crippen LogP contribution in [0.5, 0.6) is 5.75 Å². The first-order valence-corrected chi connectivity index (χ1v) is 8.63. The molecule has 7 nitrogen and oxygen atoms in total. The molecule has 1 aliphatic heterocycles. The SMILES string of the molecule is CNC(=O)CN1CCN([C@@H](C)C(=O)Nc2cc(Cl)ccc2OC)CC1. The second-order valence-electron chi connectivity index (χ2n) is 6.00. The van der Waals surface area contributed by atoms with Crippen molar-refractivity contribution >= 4 is 29.1 Å². The van der Waals surface area contributed by atoms with Crippen LogP contribution in [0.25, 0.3) is 0 Å². The Bertz CT molecular complexity index is 618. The lowest BCUT2D eigenvalue weighted by Gasteiger charge is -2.37. The third-order valence-electron chi connectivity index (χ3n) is 4.40. The number of piperazine rings is 1. The van der Waals surface area contributed by atoms with Gasteiger partial charge in [-0.25, -0.2) is 0 Å². The summed E-state index contributed by atoms with van der Waals surface area (Å²) in [5, 5.41) is 6.04. The topological polar surface area (TPSA) is 73.9 Å². The number of rotatable bonds is 6. The van der Waals surface area contributed by atoms with Crippen LogP contribution in [0.1, 0.15) is 6.92 Å². The predicted molar refractivity (Wildman–Crippen MR) is 98.2 cm³/mol. The lowest BCUT2D eigenvalue weighted by atomic mass is 10.2. The van der Waals surface area contributed by atoms with Gasteiger partial charge in [-0.2, -0.15) is 0 Å². The van der Waals surface area contributed by atoms with Crippen LogP contribution in [0.3, 0.4) is 0 Å². The molecule has 0 bridgehead atoms. The molecule has 2 rings (SSSR count). The molecule has 0 aliphatic carbocycles.